The van der Waals surface area contributed by atoms with Gasteiger partial charge in [-0.2, -0.15) is 0 Å². The van der Waals surface area contributed by atoms with Gasteiger partial charge in [0.15, 0.2) is 5.82 Å². The highest BCUT2D eigenvalue weighted by atomic mass is 16.5. The Morgan fingerprint density at radius 3 is 2.70 bits per heavy atom. The molecule has 6 heteroatoms. The van der Waals surface area contributed by atoms with Crippen molar-refractivity contribution in [3.63, 3.8) is 0 Å². The van der Waals surface area contributed by atoms with Crippen LogP contribution >= 0.6 is 0 Å². The maximum atomic E-state index is 12.5. The van der Waals surface area contributed by atoms with Crippen LogP contribution in [0.25, 0.3) is 0 Å². The van der Waals surface area contributed by atoms with Crippen molar-refractivity contribution in [2.45, 2.75) is 45.1 Å². The van der Waals surface area contributed by atoms with Gasteiger partial charge in [0.25, 0.3) is 5.56 Å². The molecular formula is C21H28N4O2. The largest absolute Gasteiger partial charge is 0.496 e. The first-order valence-corrected chi connectivity index (χ1v) is 9.71. The SMILES string of the molecule is COc1cccc2c1CC1(CCN(c3ncc(C(C)C)[nH]c3=O)CC1)[C@@H]2N. The van der Waals surface area contributed by atoms with Crippen LogP contribution < -0.4 is 20.9 Å². The number of aromatic nitrogens is 2. The van der Waals surface area contributed by atoms with Gasteiger partial charge >= 0.3 is 0 Å². The molecule has 1 aromatic carbocycles. The Bertz CT molecular complexity index is 897. The number of methoxy groups -OCH3 is 1. The molecule has 2 aromatic rings. The summed E-state index contributed by atoms with van der Waals surface area (Å²) in [4.78, 5) is 22.0. The minimum atomic E-state index is -0.0992. The lowest BCUT2D eigenvalue weighted by atomic mass is 9.73. The minimum Gasteiger partial charge on any atom is -0.496 e. The zero-order valence-electron chi connectivity index (χ0n) is 16.3. The van der Waals surface area contributed by atoms with Crippen molar-refractivity contribution in [3.8, 4) is 5.75 Å². The number of rotatable bonds is 3. The summed E-state index contributed by atoms with van der Waals surface area (Å²) in [6.07, 6.45) is 4.61. The summed E-state index contributed by atoms with van der Waals surface area (Å²) >= 11 is 0. The third kappa shape index (κ3) is 2.92. The van der Waals surface area contributed by atoms with Gasteiger partial charge in [-0.15, -0.1) is 0 Å². The fourth-order valence-electron chi connectivity index (χ4n) is 4.63. The van der Waals surface area contributed by atoms with Gasteiger partial charge in [-0.05, 0) is 47.8 Å². The predicted molar refractivity (Wildman–Crippen MR) is 106 cm³/mol. The van der Waals surface area contributed by atoms with Crippen LogP contribution in [0.1, 0.15) is 55.5 Å². The summed E-state index contributed by atoms with van der Waals surface area (Å²) < 4.78 is 5.55. The molecule has 1 spiro atoms. The van der Waals surface area contributed by atoms with Crippen LogP contribution in [0.4, 0.5) is 5.82 Å². The number of H-pyrrole nitrogens is 1. The van der Waals surface area contributed by atoms with Gasteiger partial charge in [-0.3, -0.25) is 4.79 Å². The van der Waals surface area contributed by atoms with Crippen molar-refractivity contribution >= 4 is 5.82 Å². The fourth-order valence-corrected chi connectivity index (χ4v) is 4.63. The highest BCUT2D eigenvalue weighted by Crippen LogP contribution is 2.52. The van der Waals surface area contributed by atoms with E-state index in [0.29, 0.717) is 5.82 Å². The summed E-state index contributed by atoms with van der Waals surface area (Å²) in [6.45, 7) is 5.68. The van der Waals surface area contributed by atoms with Gasteiger partial charge in [0.2, 0.25) is 0 Å². The molecule has 6 nitrogen and oxygen atoms in total. The molecular weight excluding hydrogens is 340 g/mol. The molecule has 0 radical (unpaired) electrons. The molecule has 1 saturated heterocycles. The summed E-state index contributed by atoms with van der Waals surface area (Å²) in [5.74, 6) is 1.72. The number of fused-ring (bicyclic) bond motifs is 1. The van der Waals surface area contributed by atoms with Gasteiger partial charge in [0.05, 0.1) is 7.11 Å². The van der Waals surface area contributed by atoms with E-state index in [1.165, 1.54) is 11.1 Å². The molecule has 0 bridgehead atoms. The van der Waals surface area contributed by atoms with Crippen molar-refractivity contribution in [3.05, 3.63) is 51.6 Å². The maximum Gasteiger partial charge on any atom is 0.291 e. The molecule has 2 aliphatic rings. The number of hydrogen-bond donors (Lipinski definition) is 2. The molecule has 1 aliphatic carbocycles. The van der Waals surface area contributed by atoms with Gasteiger partial charge in [-0.1, -0.05) is 26.0 Å². The van der Waals surface area contributed by atoms with Crippen LogP contribution in [0, 0.1) is 5.41 Å². The van der Waals surface area contributed by atoms with E-state index < -0.39 is 0 Å². The Labute approximate surface area is 159 Å². The third-order valence-corrected chi connectivity index (χ3v) is 6.38. The second-order valence-corrected chi connectivity index (χ2v) is 8.18. The number of nitrogens with one attached hydrogen (secondary N) is 1. The summed E-state index contributed by atoms with van der Waals surface area (Å²) in [7, 11) is 1.72. The zero-order chi connectivity index (χ0) is 19.2. The quantitative estimate of drug-likeness (QED) is 0.870. The number of ether oxygens (including phenoxy) is 1. The standard InChI is InChI=1S/C21H28N4O2/c1-13(2)16-12-23-19(20(26)24-16)25-9-7-21(8-10-25)11-15-14(18(21)22)5-4-6-17(15)27-3/h4-6,12-13,18H,7-11,22H2,1-3H3,(H,24,26)/t18-/m1/s1. The van der Waals surface area contributed by atoms with Crippen molar-refractivity contribution in [2.75, 3.05) is 25.1 Å². The molecule has 27 heavy (non-hydrogen) atoms. The normalized spacial score (nSPS) is 20.9. The van der Waals surface area contributed by atoms with Gasteiger partial charge < -0.3 is 20.4 Å². The lowest BCUT2D eigenvalue weighted by Gasteiger charge is -2.42. The average molecular weight is 368 g/mol. The van der Waals surface area contributed by atoms with E-state index in [9.17, 15) is 4.79 Å². The maximum absolute atomic E-state index is 12.5. The van der Waals surface area contributed by atoms with Crippen molar-refractivity contribution in [2.24, 2.45) is 11.1 Å². The monoisotopic (exact) mass is 368 g/mol. The highest BCUT2D eigenvalue weighted by molar-refractivity contribution is 5.48. The van der Waals surface area contributed by atoms with Crippen LogP contribution in [0.3, 0.4) is 0 Å². The summed E-state index contributed by atoms with van der Waals surface area (Å²) in [5, 5.41) is 0. The first kappa shape index (κ1) is 18.0. The van der Waals surface area contributed by atoms with E-state index in [2.05, 4.69) is 20.9 Å². The Hall–Kier alpha value is -2.34. The highest BCUT2D eigenvalue weighted by Gasteiger charge is 2.47. The average Bonchev–Trinajstić information content (AvgIpc) is 2.94. The summed E-state index contributed by atoms with van der Waals surface area (Å²) in [6, 6.07) is 6.17. The second-order valence-electron chi connectivity index (χ2n) is 8.18. The van der Waals surface area contributed by atoms with Crippen LogP contribution in [-0.4, -0.2) is 30.2 Å². The lowest BCUT2D eigenvalue weighted by Crippen LogP contribution is -2.46. The van der Waals surface area contributed by atoms with Crippen molar-refractivity contribution in [1.82, 2.24) is 9.97 Å². The molecule has 0 unspecified atom stereocenters. The van der Waals surface area contributed by atoms with E-state index in [-0.39, 0.29) is 22.9 Å². The lowest BCUT2D eigenvalue weighted by molar-refractivity contribution is 0.186. The van der Waals surface area contributed by atoms with Crippen LogP contribution in [0.15, 0.2) is 29.2 Å². The first-order chi connectivity index (χ1) is 12.9. The van der Waals surface area contributed by atoms with Crippen molar-refractivity contribution < 1.29 is 4.74 Å². The number of nitrogens with two attached hydrogens (primary N) is 1. The smallest absolute Gasteiger partial charge is 0.291 e. The Balaban J connectivity index is 1.54. The molecule has 4 rings (SSSR count). The van der Waals surface area contributed by atoms with Gasteiger partial charge in [-0.25, -0.2) is 4.98 Å². The second kappa shape index (κ2) is 6.68. The Kier molecular flexibility index (Phi) is 4.46. The van der Waals surface area contributed by atoms with Crippen molar-refractivity contribution in [1.29, 1.82) is 0 Å². The number of hydrogen-bond acceptors (Lipinski definition) is 5. The van der Waals surface area contributed by atoms with Gasteiger partial charge in [0.1, 0.15) is 5.75 Å². The van der Waals surface area contributed by atoms with E-state index in [0.717, 1.165) is 43.8 Å². The number of piperidine rings is 1. The topological polar surface area (TPSA) is 84.2 Å². The molecule has 1 aliphatic heterocycles. The summed E-state index contributed by atoms with van der Waals surface area (Å²) in [5.41, 5.74) is 9.96. The number of aromatic amines is 1. The van der Waals surface area contributed by atoms with Crippen LogP contribution in [0.2, 0.25) is 0 Å². The molecule has 1 aromatic heterocycles. The Morgan fingerprint density at radius 1 is 1.33 bits per heavy atom. The molecule has 144 valence electrons. The number of nitrogens with zero attached hydrogens (tertiary/aromatic N) is 2. The fraction of sp³-hybridized carbons (Fsp3) is 0.524. The predicted octanol–water partition coefficient (Wildman–Crippen LogP) is 2.74. The van der Waals surface area contributed by atoms with E-state index >= 15 is 0 Å². The minimum absolute atomic E-state index is 0.0133. The zero-order valence-corrected chi connectivity index (χ0v) is 16.3. The molecule has 2 heterocycles. The van der Waals surface area contributed by atoms with Crippen LogP contribution in [0.5, 0.6) is 5.75 Å². The molecule has 0 saturated carbocycles. The van der Waals surface area contributed by atoms with E-state index in [4.69, 9.17) is 10.5 Å². The van der Waals surface area contributed by atoms with Crippen LogP contribution in [-0.2, 0) is 6.42 Å². The van der Waals surface area contributed by atoms with Gasteiger partial charge in [0, 0.05) is 31.0 Å². The molecule has 0 amide bonds. The number of benzene rings is 1. The molecule has 3 N–H and O–H groups in total. The first-order valence-electron chi connectivity index (χ1n) is 9.71. The van der Waals surface area contributed by atoms with E-state index in [1.54, 1.807) is 13.3 Å². The third-order valence-electron chi connectivity index (χ3n) is 6.38. The molecule has 1 fully saturated rings. The van der Waals surface area contributed by atoms with E-state index in [1.807, 2.05) is 26.0 Å². The number of anilines is 1. The molecule has 1 atom stereocenters. The Morgan fingerprint density at radius 2 is 2.07 bits per heavy atom.